The lowest BCUT2D eigenvalue weighted by Gasteiger charge is -2.37. The van der Waals surface area contributed by atoms with Crippen LogP contribution in [0.15, 0.2) is 0 Å². The molecule has 0 amide bonds. The SMILES string of the molecule is N#CC1CN(S(=O)(=O)CCN2CCCC2)CCN1C1CC1. The summed E-state index contributed by atoms with van der Waals surface area (Å²) in [6, 6.07) is 2.53. The van der Waals surface area contributed by atoms with Gasteiger partial charge in [-0.1, -0.05) is 0 Å². The minimum atomic E-state index is -3.23. The van der Waals surface area contributed by atoms with Gasteiger partial charge in [0.15, 0.2) is 0 Å². The van der Waals surface area contributed by atoms with Crippen molar-refractivity contribution in [3.05, 3.63) is 0 Å². The van der Waals surface area contributed by atoms with Crippen LogP contribution in [-0.4, -0.2) is 79.6 Å². The normalized spacial score (nSPS) is 29.6. The van der Waals surface area contributed by atoms with E-state index >= 15 is 0 Å². The summed E-state index contributed by atoms with van der Waals surface area (Å²) in [6.45, 7) is 4.25. The molecule has 7 heteroatoms. The van der Waals surface area contributed by atoms with Gasteiger partial charge in [0.25, 0.3) is 0 Å². The number of likely N-dealkylation sites (tertiary alicyclic amines) is 1. The molecule has 3 fully saturated rings. The van der Waals surface area contributed by atoms with Gasteiger partial charge in [0.1, 0.15) is 6.04 Å². The Labute approximate surface area is 127 Å². The summed E-state index contributed by atoms with van der Waals surface area (Å²) in [5.41, 5.74) is 0. The Morgan fingerprint density at radius 2 is 1.81 bits per heavy atom. The Morgan fingerprint density at radius 1 is 1.10 bits per heavy atom. The Kier molecular flexibility index (Phi) is 4.50. The fourth-order valence-electron chi connectivity index (χ4n) is 3.36. The first-order valence-electron chi connectivity index (χ1n) is 7.96. The average molecular weight is 312 g/mol. The second-order valence-corrected chi connectivity index (χ2v) is 8.43. The van der Waals surface area contributed by atoms with Crippen LogP contribution in [0.25, 0.3) is 0 Å². The highest BCUT2D eigenvalue weighted by atomic mass is 32.2. The molecule has 21 heavy (non-hydrogen) atoms. The minimum Gasteiger partial charge on any atom is -0.302 e. The van der Waals surface area contributed by atoms with Crippen LogP contribution in [0.5, 0.6) is 0 Å². The molecule has 2 aliphatic heterocycles. The smallest absolute Gasteiger partial charge is 0.215 e. The molecule has 1 saturated carbocycles. The van der Waals surface area contributed by atoms with Crippen molar-refractivity contribution in [2.45, 2.75) is 37.8 Å². The number of hydrogen-bond acceptors (Lipinski definition) is 5. The van der Waals surface area contributed by atoms with Gasteiger partial charge in [0, 0.05) is 32.2 Å². The van der Waals surface area contributed by atoms with Gasteiger partial charge in [-0.2, -0.15) is 9.57 Å². The lowest BCUT2D eigenvalue weighted by molar-refractivity contribution is 0.141. The maximum absolute atomic E-state index is 12.5. The number of nitrogens with zero attached hydrogens (tertiary/aromatic N) is 4. The van der Waals surface area contributed by atoms with Crippen molar-refractivity contribution in [3.63, 3.8) is 0 Å². The quantitative estimate of drug-likeness (QED) is 0.719. The summed E-state index contributed by atoms with van der Waals surface area (Å²) >= 11 is 0. The van der Waals surface area contributed by atoms with Crippen LogP contribution < -0.4 is 0 Å². The Hall–Kier alpha value is -0.680. The van der Waals surface area contributed by atoms with Crippen molar-refractivity contribution in [1.82, 2.24) is 14.1 Å². The van der Waals surface area contributed by atoms with Crippen LogP contribution in [0, 0.1) is 11.3 Å². The first-order valence-corrected chi connectivity index (χ1v) is 9.56. The molecule has 6 nitrogen and oxygen atoms in total. The third-order valence-corrected chi connectivity index (χ3v) is 6.62. The predicted molar refractivity (Wildman–Crippen MR) is 80.2 cm³/mol. The molecule has 2 saturated heterocycles. The van der Waals surface area contributed by atoms with Gasteiger partial charge in [0.05, 0.1) is 11.8 Å². The molecule has 1 atom stereocenters. The highest BCUT2D eigenvalue weighted by Gasteiger charge is 2.40. The monoisotopic (exact) mass is 312 g/mol. The largest absolute Gasteiger partial charge is 0.302 e. The number of hydrogen-bond donors (Lipinski definition) is 0. The lowest BCUT2D eigenvalue weighted by Crippen LogP contribution is -2.55. The molecule has 0 spiro atoms. The summed E-state index contributed by atoms with van der Waals surface area (Å²) < 4.78 is 26.5. The van der Waals surface area contributed by atoms with Crippen molar-refractivity contribution in [1.29, 1.82) is 5.26 Å². The summed E-state index contributed by atoms with van der Waals surface area (Å²) in [6.07, 6.45) is 4.66. The molecule has 1 aliphatic carbocycles. The molecule has 0 aromatic rings. The fraction of sp³-hybridized carbons (Fsp3) is 0.929. The minimum absolute atomic E-state index is 0.189. The second kappa shape index (κ2) is 6.21. The van der Waals surface area contributed by atoms with E-state index < -0.39 is 10.0 Å². The summed E-state index contributed by atoms with van der Waals surface area (Å²) in [7, 11) is -3.23. The van der Waals surface area contributed by atoms with Gasteiger partial charge in [-0.3, -0.25) is 4.90 Å². The predicted octanol–water partition coefficient (Wildman–Crippen LogP) is 0.0842. The summed E-state index contributed by atoms with van der Waals surface area (Å²) in [4.78, 5) is 4.41. The Morgan fingerprint density at radius 3 is 2.43 bits per heavy atom. The molecule has 0 N–H and O–H groups in total. The first kappa shape index (κ1) is 15.2. The molecule has 1 unspecified atom stereocenters. The van der Waals surface area contributed by atoms with Gasteiger partial charge in [-0.25, -0.2) is 8.42 Å². The molecular weight excluding hydrogens is 288 g/mol. The van der Waals surface area contributed by atoms with Crippen LogP contribution in [0.3, 0.4) is 0 Å². The van der Waals surface area contributed by atoms with Gasteiger partial charge in [-0.15, -0.1) is 0 Å². The van der Waals surface area contributed by atoms with E-state index in [1.54, 1.807) is 0 Å². The van der Waals surface area contributed by atoms with Crippen LogP contribution in [-0.2, 0) is 10.0 Å². The van der Waals surface area contributed by atoms with Crippen LogP contribution in [0.4, 0.5) is 0 Å². The number of nitriles is 1. The third kappa shape index (κ3) is 3.57. The summed E-state index contributed by atoms with van der Waals surface area (Å²) in [5.74, 6) is 0.189. The molecule has 3 aliphatic rings. The molecule has 118 valence electrons. The molecule has 3 rings (SSSR count). The van der Waals surface area contributed by atoms with Crippen molar-refractivity contribution >= 4 is 10.0 Å². The highest BCUT2D eigenvalue weighted by Crippen LogP contribution is 2.30. The first-order chi connectivity index (χ1) is 10.1. The van der Waals surface area contributed by atoms with E-state index in [1.165, 1.54) is 17.1 Å². The summed E-state index contributed by atoms with van der Waals surface area (Å²) in [5, 5.41) is 9.30. The third-order valence-electron chi connectivity index (χ3n) is 4.81. The zero-order chi connectivity index (χ0) is 14.9. The molecular formula is C14H24N4O2S. The van der Waals surface area contributed by atoms with Crippen molar-refractivity contribution in [3.8, 4) is 6.07 Å². The highest BCUT2D eigenvalue weighted by molar-refractivity contribution is 7.89. The van der Waals surface area contributed by atoms with Gasteiger partial charge >= 0.3 is 0 Å². The topological polar surface area (TPSA) is 67.6 Å². The number of sulfonamides is 1. The maximum atomic E-state index is 12.5. The van der Waals surface area contributed by atoms with Crippen LogP contribution in [0.1, 0.15) is 25.7 Å². The Bertz CT molecular complexity index is 506. The lowest BCUT2D eigenvalue weighted by atomic mass is 10.2. The van der Waals surface area contributed by atoms with E-state index in [4.69, 9.17) is 0 Å². The molecule has 0 aromatic carbocycles. The van der Waals surface area contributed by atoms with E-state index in [0.29, 0.717) is 32.2 Å². The Balaban J connectivity index is 1.56. The van der Waals surface area contributed by atoms with E-state index in [9.17, 15) is 13.7 Å². The van der Waals surface area contributed by atoms with E-state index in [2.05, 4.69) is 15.9 Å². The van der Waals surface area contributed by atoms with Crippen LogP contribution in [0.2, 0.25) is 0 Å². The number of piperazine rings is 1. The zero-order valence-electron chi connectivity index (χ0n) is 12.4. The van der Waals surface area contributed by atoms with Crippen LogP contribution >= 0.6 is 0 Å². The standard InChI is InChI=1S/C14H24N4O2S/c15-11-14-12-17(7-8-18(14)13-3-4-13)21(19,20)10-9-16-5-1-2-6-16/h13-14H,1-10,12H2. The zero-order valence-corrected chi connectivity index (χ0v) is 13.3. The fourth-order valence-corrected chi connectivity index (χ4v) is 4.84. The van der Waals surface area contributed by atoms with Crippen molar-refractivity contribution in [2.24, 2.45) is 0 Å². The average Bonchev–Trinajstić information content (AvgIpc) is 3.20. The number of rotatable bonds is 5. The van der Waals surface area contributed by atoms with Gasteiger partial charge < -0.3 is 4.90 Å². The van der Waals surface area contributed by atoms with E-state index in [1.807, 2.05) is 0 Å². The van der Waals surface area contributed by atoms with E-state index in [-0.39, 0.29) is 11.8 Å². The van der Waals surface area contributed by atoms with Gasteiger partial charge in [0.2, 0.25) is 10.0 Å². The van der Waals surface area contributed by atoms with E-state index in [0.717, 1.165) is 25.9 Å². The second-order valence-electron chi connectivity index (χ2n) is 6.34. The molecule has 2 heterocycles. The van der Waals surface area contributed by atoms with Gasteiger partial charge in [-0.05, 0) is 38.8 Å². The maximum Gasteiger partial charge on any atom is 0.215 e. The van der Waals surface area contributed by atoms with Crippen molar-refractivity contribution in [2.75, 3.05) is 45.0 Å². The van der Waals surface area contributed by atoms with Crippen molar-refractivity contribution < 1.29 is 8.42 Å². The molecule has 0 radical (unpaired) electrons. The molecule has 0 aromatic heterocycles. The molecule has 0 bridgehead atoms.